The quantitative estimate of drug-likeness (QED) is 0.660. The van der Waals surface area contributed by atoms with Gasteiger partial charge in [-0.15, -0.1) is 0 Å². The first-order chi connectivity index (χ1) is 7.27. The predicted octanol–water partition coefficient (Wildman–Crippen LogP) is 3.22. The van der Waals surface area contributed by atoms with E-state index < -0.39 is 0 Å². The zero-order valence-electron chi connectivity index (χ0n) is 10.3. The van der Waals surface area contributed by atoms with Crippen molar-refractivity contribution in [2.45, 2.75) is 58.8 Å². The zero-order valence-corrected chi connectivity index (χ0v) is 10.3. The summed E-state index contributed by atoms with van der Waals surface area (Å²) in [6.45, 7) is 6.51. The molecule has 1 fully saturated rings. The zero-order chi connectivity index (χ0) is 11.1. The maximum atomic E-state index is 11.6. The van der Waals surface area contributed by atoms with Gasteiger partial charge in [0, 0.05) is 19.5 Å². The summed E-state index contributed by atoms with van der Waals surface area (Å²) >= 11 is 0. The van der Waals surface area contributed by atoms with Crippen molar-refractivity contribution in [2.75, 3.05) is 13.1 Å². The van der Waals surface area contributed by atoms with E-state index in [1.165, 1.54) is 32.1 Å². The van der Waals surface area contributed by atoms with Crippen molar-refractivity contribution in [2.24, 2.45) is 5.92 Å². The number of carbonyl (C=O) groups excluding carboxylic acids is 1. The van der Waals surface area contributed by atoms with Crippen LogP contribution in [0.1, 0.15) is 58.8 Å². The Morgan fingerprint density at radius 2 is 2.07 bits per heavy atom. The maximum Gasteiger partial charge on any atom is 0.222 e. The second-order valence-electron chi connectivity index (χ2n) is 4.69. The van der Waals surface area contributed by atoms with Crippen LogP contribution in [-0.2, 0) is 4.79 Å². The molecule has 1 aliphatic rings. The number of amides is 1. The first kappa shape index (κ1) is 12.5. The summed E-state index contributed by atoms with van der Waals surface area (Å²) in [5.74, 6) is 1.21. The van der Waals surface area contributed by atoms with Crippen LogP contribution in [0.2, 0.25) is 0 Å². The smallest absolute Gasteiger partial charge is 0.222 e. The summed E-state index contributed by atoms with van der Waals surface area (Å²) in [5, 5.41) is 0. The molecular formula is C13H25NO. The Bertz CT molecular complexity index is 191. The Balaban J connectivity index is 2.24. The van der Waals surface area contributed by atoms with E-state index in [2.05, 4.69) is 18.7 Å². The molecule has 1 unspecified atom stereocenters. The van der Waals surface area contributed by atoms with Crippen molar-refractivity contribution in [3.05, 3.63) is 0 Å². The van der Waals surface area contributed by atoms with Gasteiger partial charge in [0.1, 0.15) is 0 Å². The Morgan fingerprint density at radius 1 is 1.27 bits per heavy atom. The summed E-state index contributed by atoms with van der Waals surface area (Å²) in [7, 11) is 0. The highest BCUT2D eigenvalue weighted by atomic mass is 16.2. The molecule has 0 saturated carbocycles. The van der Waals surface area contributed by atoms with Gasteiger partial charge in [0.25, 0.3) is 0 Å². The number of hydrogen-bond donors (Lipinski definition) is 0. The van der Waals surface area contributed by atoms with Gasteiger partial charge in [-0.25, -0.2) is 0 Å². The van der Waals surface area contributed by atoms with E-state index in [-0.39, 0.29) is 0 Å². The second kappa shape index (κ2) is 6.86. The van der Waals surface area contributed by atoms with Crippen LogP contribution in [0.25, 0.3) is 0 Å². The maximum absolute atomic E-state index is 11.6. The molecule has 1 heterocycles. The lowest BCUT2D eigenvalue weighted by Crippen LogP contribution is -2.36. The van der Waals surface area contributed by atoms with Crippen molar-refractivity contribution in [3.8, 4) is 0 Å². The number of carbonyl (C=O) groups is 1. The van der Waals surface area contributed by atoms with Gasteiger partial charge in [0.15, 0.2) is 0 Å². The van der Waals surface area contributed by atoms with Gasteiger partial charge in [-0.05, 0) is 25.2 Å². The molecule has 0 N–H and O–H groups in total. The van der Waals surface area contributed by atoms with Gasteiger partial charge in [-0.3, -0.25) is 4.79 Å². The average molecular weight is 211 g/mol. The fourth-order valence-corrected chi connectivity index (χ4v) is 2.40. The predicted molar refractivity (Wildman–Crippen MR) is 63.7 cm³/mol. The van der Waals surface area contributed by atoms with Gasteiger partial charge < -0.3 is 4.90 Å². The third-order valence-corrected chi connectivity index (χ3v) is 3.50. The van der Waals surface area contributed by atoms with E-state index in [0.717, 1.165) is 31.8 Å². The van der Waals surface area contributed by atoms with Crippen molar-refractivity contribution >= 4 is 5.91 Å². The molecule has 0 bridgehead atoms. The van der Waals surface area contributed by atoms with E-state index in [1.54, 1.807) is 0 Å². The van der Waals surface area contributed by atoms with Gasteiger partial charge >= 0.3 is 0 Å². The van der Waals surface area contributed by atoms with Crippen LogP contribution >= 0.6 is 0 Å². The molecule has 2 heteroatoms. The number of likely N-dealkylation sites (tertiary alicyclic amines) is 1. The summed E-state index contributed by atoms with van der Waals surface area (Å²) < 4.78 is 0. The minimum Gasteiger partial charge on any atom is -0.343 e. The summed E-state index contributed by atoms with van der Waals surface area (Å²) in [6.07, 6.45) is 8.14. The number of rotatable bonds is 6. The normalized spacial score (nSPS) is 19.3. The molecule has 1 atom stereocenters. The summed E-state index contributed by atoms with van der Waals surface area (Å²) in [4.78, 5) is 13.7. The second-order valence-corrected chi connectivity index (χ2v) is 4.69. The Labute approximate surface area is 94.0 Å². The molecule has 0 aromatic carbocycles. The molecule has 1 rings (SSSR count). The average Bonchev–Trinajstić information content (AvgIpc) is 2.26. The van der Waals surface area contributed by atoms with Gasteiger partial charge in [-0.2, -0.15) is 0 Å². The molecule has 2 nitrogen and oxygen atoms in total. The molecule has 0 aliphatic carbocycles. The molecule has 1 aliphatic heterocycles. The van der Waals surface area contributed by atoms with Crippen LogP contribution in [0.5, 0.6) is 0 Å². The summed E-state index contributed by atoms with van der Waals surface area (Å²) in [6, 6.07) is 0. The van der Waals surface area contributed by atoms with Gasteiger partial charge in [-0.1, -0.05) is 33.1 Å². The number of piperidine rings is 1. The van der Waals surface area contributed by atoms with Crippen LogP contribution in [0.4, 0.5) is 0 Å². The van der Waals surface area contributed by atoms with Crippen LogP contribution < -0.4 is 0 Å². The first-order valence-electron chi connectivity index (χ1n) is 6.55. The lowest BCUT2D eigenvalue weighted by Gasteiger charge is -2.28. The van der Waals surface area contributed by atoms with Crippen LogP contribution in [-0.4, -0.2) is 23.9 Å². The highest BCUT2D eigenvalue weighted by Crippen LogP contribution is 2.18. The van der Waals surface area contributed by atoms with Crippen molar-refractivity contribution < 1.29 is 4.79 Å². The lowest BCUT2D eigenvalue weighted by atomic mass is 9.96. The van der Waals surface area contributed by atoms with Crippen LogP contribution in [0.3, 0.4) is 0 Å². The third-order valence-electron chi connectivity index (χ3n) is 3.50. The van der Waals surface area contributed by atoms with Gasteiger partial charge in [0.2, 0.25) is 5.91 Å². The first-order valence-corrected chi connectivity index (χ1v) is 6.55. The van der Waals surface area contributed by atoms with Crippen molar-refractivity contribution in [1.82, 2.24) is 4.90 Å². The van der Waals surface area contributed by atoms with Crippen LogP contribution in [0, 0.1) is 5.92 Å². The monoisotopic (exact) mass is 211 g/mol. The van der Waals surface area contributed by atoms with Crippen LogP contribution in [0.15, 0.2) is 0 Å². The molecule has 1 saturated heterocycles. The minimum atomic E-state index is 0.382. The topological polar surface area (TPSA) is 20.3 Å². The Hall–Kier alpha value is -0.530. The van der Waals surface area contributed by atoms with E-state index in [0.29, 0.717) is 5.91 Å². The van der Waals surface area contributed by atoms with Crippen molar-refractivity contribution in [3.63, 3.8) is 0 Å². The van der Waals surface area contributed by atoms with E-state index in [9.17, 15) is 4.79 Å². The SMILES string of the molecule is CCCC(CC)CCN1CCCCC1=O. The standard InChI is InChI=1S/C13H25NO/c1-3-7-12(4-2)9-11-14-10-6-5-8-13(14)15/h12H,3-11H2,1-2H3. The fraction of sp³-hybridized carbons (Fsp3) is 0.923. The van der Waals surface area contributed by atoms with E-state index in [4.69, 9.17) is 0 Å². The highest BCUT2D eigenvalue weighted by molar-refractivity contribution is 5.76. The molecule has 0 aromatic heterocycles. The molecule has 0 radical (unpaired) electrons. The van der Waals surface area contributed by atoms with Gasteiger partial charge in [0.05, 0.1) is 0 Å². The number of hydrogen-bond acceptors (Lipinski definition) is 1. The molecule has 0 spiro atoms. The highest BCUT2D eigenvalue weighted by Gasteiger charge is 2.18. The Morgan fingerprint density at radius 3 is 2.67 bits per heavy atom. The molecule has 1 amide bonds. The van der Waals surface area contributed by atoms with Crippen molar-refractivity contribution in [1.29, 1.82) is 0 Å². The van der Waals surface area contributed by atoms with E-state index in [1.807, 2.05) is 0 Å². The molecule has 0 aromatic rings. The number of nitrogens with zero attached hydrogens (tertiary/aromatic N) is 1. The molecule has 15 heavy (non-hydrogen) atoms. The Kier molecular flexibility index (Phi) is 5.74. The largest absolute Gasteiger partial charge is 0.343 e. The minimum absolute atomic E-state index is 0.382. The summed E-state index contributed by atoms with van der Waals surface area (Å²) in [5.41, 5.74) is 0. The fourth-order valence-electron chi connectivity index (χ4n) is 2.40. The third kappa shape index (κ3) is 4.23. The molecule has 88 valence electrons. The lowest BCUT2D eigenvalue weighted by molar-refractivity contribution is -0.133. The van der Waals surface area contributed by atoms with E-state index >= 15 is 0 Å². The molecular weight excluding hydrogens is 186 g/mol.